The van der Waals surface area contributed by atoms with E-state index < -0.39 is 6.10 Å². The Labute approximate surface area is 126 Å². The van der Waals surface area contributed by atoms with E-state index in [2.05, 4.69) is 38.8 Å². The molecule has 0 fully saturated rings. The molecule has 2 nitrogen and oxygen atoms in total. The first kappa shape index (κ1) is 17.4. The van der Waals surface area contributed by atoms with Crippen LogP contribution in [0.2, 0.25) is 0 Å². The third-order valence-electron chi connectivity index (χ3n) is 2.60. The monoisotopic (exact) mass is 385 g/mol. The van der Waals surface area contributed by atoms with Crippen LogP contribution < -0.4 is 5.73 Å². The summed E-state index contributed by atoms with van der Waals surface area (Å²) in [5.74, 6) is 0. The van der Waals surface area contributed by atoms with Crippen molar-refractivity contribution in [1.82, 2.24) is 0 Å². The molecule has 98 valence electrons. The van der Waals surface area contributed by atoms with Crippen LogP contribution in [0.25, 0.3) is 0 Å². The predicted octanol–water partition coefficient (Wildman–Crippen LogP) is 4.18. The molecule has 1 aromatic carbocycles. The summed E-state index contributed by atoms with van der Waals surface area (Å²) in [6.45, 7) is 2.11. The van der Waals surface area contributed by atoms with Crippen molar-refractivity contribution in [3.63, 3.8) is 0 Å². The van der Waals surface area contributed by atoms with Crippen molar-refractivity contribution < 1.29 is 5.11 Å². The zero-order valence-corrected chi connectivity index (χ0v) is 13.7. The molecule has 0 saturated heterocycles. The van der Waals surface area contributed by atoms with Gasteiger partial charge in [-0.1, -0.05) is 25.8 Å². The number of hydrogen-bond donors (Lipinski definition) is 2. The van der Waals surface area contributed by atoms with E-state index in [4.69, 9.17) is 5.73 Å². The second-order valence-corrected chi connectivity index (χ2v) is 5.62. The van der Waals surface area contributed by atoms with Gasteiger partial charge in [-0.2, -0.15) is 0 Å². The molecule has 0 aliphatic carbocycles. The lowest BCUT2D eigenvalue weighted by atomic mass is 9.98. The van der Waals surface area contributed by atoms with Crippen molar-refractivity contribution in [2.45, 2.75) is 38.3 Å². The summed E-state index contributed by atoms with van der Waals surface area (Å²) in [5.41, 5.74) is 6.97. The Balaban J connectivity index is 0.00000256. The molecule has 0 aromatic heterocycles. The molecule has 1 aromatic rings. The second kappa shape index (κ2) is 8.48. The van der Waals surface area contributed by atoms with Crippen molar-refractivity contribution in [2.24, 2.45) is 5.73 Å². The fraction of sp³-hybridized carbons (Fsp3) is 0.500. The highest BCUT2D eigenvalue weighted by Gasteiger charge is 2.16. The molecular weight excluding hydrogens is 369 g/mol. The minimum absolute atomic E-state index is 0. The van der Waals surface area contributed by atoms with Crippen LogP contribution in [-0.2, 0) is 0 Å². The second-order valence-electron chi connectivity index (χ2n) is 3.91. The summed E-state index contributed by atoms with van der Waals surface area (Å²) >= 11 is 6.84. The molecule has 3 N–H and O–H groups in total. The standard InChI is InChI=1S/C12H17Br2NO.ClH/c1-2-3-4-11(16)12(15)8-5-6-9(13)10(14)7-8;/h5-7,11-12,16H,2-4,15H2,1H3;1H/t11-,12+;/m1./s1. The van der Waals surface area contributed by atoms with Gasteiger partial charge >= 0.3 is 0 Å². The Morgan fingerprint density at radius 2 is 1.94 bits per heavy atom. The third-order valence-corrected chi connectivity index (χ3v) is 4.48. The van der Waals surface area contributed by atoms with E-state index in [1.807, 2.05) is 18.2 Å². The quantitative estimate of drug-likeness (QED) is 0.796. The van der Waals surface area contributed by atoms with Crippen molar-refractivity contribution in [3.8, 4) is 0 Å². The largest absolute Gasteiger partial charge is 0.391 e. The molecule has 2 atom stereocenters. The van der Waals surface area contributed by atoms with Gasteiger partial charge in [0.1, 0.15) is 0 Å². The maximum absolute atomic E-state index is 9.91. The maximum Gasteiger partial charge on any atom is 0.0732 e. The number of unbranched alkanes of at least 4 members (excludes halogenated alkanes) is 1. The molecule has 0 aliphatic heterocycles. The summed E-state index contributed by atoms with van der Waals surface area (Å²) in [5, 5.41) is 9.91. The third kappa shape index (κ3) is 5.26. The van der Waals surface area contributed by atoms with E-state index in [1.54, 1.807) is 0 Å². The smallest absolute Gasteiger partial charge is 0.0732 e. The van der Waals surface area contributed by atoms with Crippen LogP contribution in [0.3, 0.4) is 0 Å². The van der Waals surface area contributed by atoms with Crippen LogP contribution in [0, 0.1) is 0 Å². The van der Waals surface area contributed by atoms with Gasteiger partial charge in [-0.05, 0) is 56.0 Å². The Morgan fingerprint density at radius 3 is 2.47 bits per heavy atom. The lowest BCUT2D eigenvalue weighted by molar-refractivity contribution is 0.132. The Morgan fingerprint density at radius 1 is 1.29 bits per heavy atom. The number of aliphatic hydroxyl groups excluding tert-OH is 1. The fourth-order valence-corrected chi connectivity index (χ4v) is 2.18. The summed E-state index contributed by atoms with van der Waals surface area (Å²) in [4.78, 5) is 0. The Bertz CT molecular complexity index is 349. The van der Waals surface area contributed by atoms with E-state index in [-0.39, 0.29) is 18.4 Å². The first-order chi connectivity index (χ1) is 7.56. The van der Waals surface area contributed by atoms with Gasteiger partial charge in [0.05, 0.1) is 12.1 Å². The first-order valence-corrected chi connectivity index (χ1v) is 7.03. The minimum Gasteiger partial charge on any atom is -0.391 e. The highest BCUT2D eigenvalue weighted by Crippen LogP contribution is 2.27. The van der Waals surface area contributed by atoms with Gasteiger partial charge < -0.3 is 10.8 Å². The maximum atomic E-state index is 9.91. The molecule has 0 heterocycles. The van der Waals surface area contributed by atoms with Crippen LogP contribution in [0.15, 0.2) is 27.1 Å². The molecule has 0 amide bonds. The van der Waals surface area contributed by atoms with Crippen molar-refractivity contribution in [3.05, 3.63) is 32.7 Å². The van der Waals surface area contributed by atoms with E-state index >= 15 is 0 Å². The summed E-state index contributed by atoms with van der Waals surface area (Å²) in [6.07, 6.45) is 2.37. The topological polar surface area (TPSA) is 46.2 Å². The molecule has 17 heavy (non-hydrogen) atoms. The average molecular weight is 388 g/mol. The summed E-state index contributed by atoms with van der Waals surface area (Å²) < 4.78 is 1.95. The number of hydrogen-bond acceptors (Lipinski definition) is 2. The number of benzene rings is 1. The van der Waals surface area contributed by atoms with Crippen molar-refractivity contribution >= 4 is 44.3 Å². The van der Waals surface area contributed by atoms with Gasteiger partial charge in [0.2, 0.25) is 0 Å². The fourth-order valence-electron chi connectivity index (χ4n) is 1.53. The molecule has 0 bridgehead atoms. The lowest BCUT2D eigenvalue weighted by Crippen LogP contribution is -2.26. The molecule has 0 saturated carbocycles. The predicted molar refractivity (Wildman–Crippen MR) is 81.6 cm³/mol. The van der Waals surface area contributed by atoms with Gasteiger partial charge in [-0.3, -0.25) is 0 Å². The van der Waals surface area contributed by atoms with Gasteiger partial charge in [-0.25, -0.2) is 0 Å². The zero-order valence-electron chi connectivity index (χ0n) is 9.70. The van der Waals surface area contributed by atoms with Gasteiger partial charge in [-0.15, -0.1) is 12.4 Å². The first-order valence-electron chi connectivity index (χ1n) is 5.44. The van der Waals surface area contributed by atoms with Crippen LogP contribution in [-0.4, -0.2) is 11.2 Å². The molecule has 0 spiro atoms. The molecule has 0 aliphatic rings. The number of rotatable bonds is 5. The highest BCUT2D eigenvalue weighted by atomic mass is 79.9. The number of nitrogens with two attached hydrogens (primary N) is 1. The van der Waals surface area contributed by atoms with E-state index in [1.165, 1.54) is 0 Å². The Hall–Kier alpha value is 0.390. The molecular formula is C12H18Br2ClNO. The van der Waals surface area contributed by atoms with Gasteiger partial charge in [0.25, 0.3) is 0 Å². The van der Waals surface area contributed by atoms with Gasteiger partial charge in [0.15, 0.2) is 0 Å². The minimum atomic E-state index is -0.465. The van der Waals surface area contributed by atoms with Crippen LogP contribution in [0.1, 0.15) is 37.8 Å². The SMILES string of the molecule is CCCC[C@@H](O)[C@@H](N)c1ccc(Br)c(Br)c1.Cl. The zero-order chi connectivity index (χ0) is 12.1. The van der Waals surface area contributed by atoms with Crippen LogP contribution >= 0.6 is 44.3 Å². The Kier molecular flexibility index (Phi) is 8.68. The molecule has 0 unspecified atom stereocenters. The van der Waals surface area contributed by atoms with Crippen molar-refractivity contribution in [1.29, 1.82) is 0 Å². The van der Waals surface area contributed by atoms with E-state index in [0.717, 1.165) is 33.8 Å². The summed E-state index contributed by atoms with van der Waals surface area (Å²) in [6, 6.07) is 5.51. The summed E-state index contributed by atoms with van der Waals surface area (Å²) in [7, 11) is 0. The van der Waals surface area contributed by atoms with E-state index in [9.17, 15) is 5.11 Å². The average Bonchev–Trinajstić information content (AvgIpc) is 2.28. The molecule has 5 heteroatoms. The number of halogens is 3. The molecule has 0 radical (unpaired) electrons. The lowest BCUT2D eigenvalue weighted by Gasteiger charge is -2.19. The van der Waals surface area contributed by atoms with Gasteiger partial charge in [0, 0.05) is 8.95 Å². The van der Waals surface area contributed by atoms with Crippen LogP contribution in [0.5, 0.6) is 0 Å². The highest BCUT2D eigenvalue weighted by molar-refractivity contribution is 9.13. The molecule has 1 rings (SSSR count). The normalized spacial score (nSPS) is 13.9. The number of aliphatic hydroxyl groups is 1. The van der Waals surface area contributed by atoms with Crippen LogP contribution in [0.4, 0.5) is 0 Å². The van der Waals surface area contributed by atoms with Crippen molar-refractivity contribution in [2.75, 3.05) is 0 Å². The van der Waals surface area contributed by atoms with E-state index in [0.29, 0.717) is 0 Å².